The first-order valence-corrected chi connectivity index (χ1v) is 7.41. The molecule has 2 rings (SSSR count). The number of carbonyl (C=O) groups excluding carboxylic acids is 1. The van der Waals surface area contributed by atoms with Crippen LogP contribution in [0.4, 0.5) is 0 Å². The monoisotopic (exact) mass is 319 g/mol. The maximum Gasteiger partial charge on any atom is 0.260 e. The van der Waals surface area contributed by atoms with Crippen molar-refractivity contribution in [1.82, 2.24) is 5.32 Å². The first kappa shape index (κ1) is 16.2. The number of hydrogen-bond acceptors (Lipinski definition) is 3. The van der Waals surface area contributed by atoms with Gasteiger partial charge in [-0.3, -0.25) is 4.79 Å². The molecule has 0 saturated carbocycles. The molecule has 4 nitrogen and oxygen atoms in total. The number of ether oxygens (including phenoxy) is 2. The molecule has 0 saturated heterocycles. The summed E-state index contributed by atoms with van der Waals surface area (Å²) in [6, 6.07) is 16.4. The highest BCUT2D eigenvalue weighted by Gasteiger charge is 2.13. The van der Waals surface area contributed by atoms with Crippen LogP contribution in [0.5, 0.6) is 11.5 Å². The van der Waals surface area contributed by atoms with Crippen molar-refractivity contribution in [2.75, 3.05) is 13.2 Å². The molecule has 0 radical (unpaired) electrons. The normalized spacial score (nSPS) is 11.5. The van der Waals surface area contributed by atoms with Crippen LogP contribution >= 0.6 is 11.6 Å². The first-order valence-electron chi connectivity index (χ1n) is 7.03. The van der Waals surface area contributed by atoms with Crippen molar-refractivity contribution in [2.24, 2.45) is 0 Å². The summed E-state index contributed by atoms with van der Waals surface area (Å²) in [4.78, 5) is 11.9. The highest BCUT2D eigenvalue weighted by atomic mass is 35.5. The summed E-state index contributed by atoms with van der Waals surface area (Å²) in [5.74, 6) is 1.08. The zero-order valence-corrected chi connectivity index (χ0v) is 13.0. The van der Waals surface area contributed by atoms with Gasteiger partial charge in [0.2, 0.25) is 0 Å². The molecular formula is C17H18ClNO3. The Labute approximate surface area is 135 Å². The first-order chi connectivity index (χ1) is 10.7. The summed E-state index contributed by atoms with van der Waals surface area (Å²) in [5, 5.41) is 3.31. The van der Waals surface area contributed by atoms with Crippen molar-refractivity contribution >= 4 is 17.5 Å². The molecule has 0 aliphatic carbocycles. The average Bonchev–Trinajstić information content (AvgIpc) is 2.53. The summed E-state index contributed by atoms with van der Waals surface area (Å²) >= 11 is 5.97. The third-order valence-electron chi connectivity index (χ3n) is 2.92. The third-order valence-corrected chi connectivity index (χ3v) is 3.23. The van der Waals surface area contributed by atoms with E-state index in [1.54, 1.807) is 19.1 Å². The summed E-state index contributed by atoms with van der Waals surface area (Å²) < 4.78 is 11.0. The Morgan fingerprint density at radius 2 is 1.82 bits per heavy atom. The molecule has 0 spiro atoms. The molecule has 116 valence electrons. The van der Waals surface area contributed by atoms with Gasteiger partial charge < -0.3 is 14.8 Å². The standard InChI is InChI=1S/C17H18ClNO3/c1-13(22-14-7-3-2-4-8-14)17(20)19-11-12-21-16-10-6-5-9-15(16)18/h2-10,13H,11-12H2,1H3,(H,19,20)/t13-/m1/s1. The molecule has 0 aromatic heterocycles. The lowest BCUT2D eigenvalue weighted by Gasteiger charge is -2.15. The van der Waals surface area contributed by atoms with Gasteiger partial charge in [0, 0.05) is 0 Å². The highest BCUT2D eigenvalue weighted by Crippen LogP contribution is 2.22. The molecule has 22 heavy (non-hydrogen) atoms. The zero-order valence-electron chi connectivity index (χ0n) is 12.3. The Morgan fingerprint density at radius 1 is 1.14 bits per heavy atom. The molecule has 5 heteroatoms. The molecule has 0 heterocycles. The van der Waals surface area contributed by atoms with Crippen LogP contribution in [-0.4, -0.2) is 25.2 Å². The second-order valence-corrected chi connectivity index (χ2v) is 5.05. The van der Waals surface area contributed by atoms with Gasteiger partial charge in [0.1, 0.15) is 18.1 Å². The second-order valence-electron chi connectivity index (χ2n) is 4.64. The Morgan fingerprint density at radius 3 is 2.55 bits per heavy atom. The van der Waals surface area contributed by atoms with Crippen LogP contribution in [0.1, 0.15) is 6.92 Å². The van der Waals surface area contributed by atoms with E-state index in [1.165, 1.54) is 0 Å². The van der Waals surface area contributed by atoms with Crippen molar-refractivity contribution in [3.63, 3.8) is 0 Å². The van der Waals surface area contributed by atoms with Crippen molar-refractivity contribution in [3.05, 3.63) is 59.6 Å². The minimum Gasteiger partial charge on any atom is -0.490 e. The van der Waals surface area contributed by atoms with Gasteiger partial charge >= 0.3 is 0 Å². The maximum atomic E-state index is 11.9. The number of nitrogens with one attached hydrogen (secondary N) is 1. The van der Waals surface area contributed by atoms with E-state index in [-0.39, 0.29) is 5.91 Å². The SMILES string of the molecule is C[C@@H](Oc1ccccc1)C(=O)NCCOc1ccccc1Cl. The van der Waals surface area contributed by atoms with Crippen molar-refractivity contribution in [2.45, 2.75) is 13.0 Å². The molecule has 1 amide bonds. The van der Waals surface area contributed by atoms with Gasteiger partial charge in [0.15, 0.2) is 6.10 Å². The molecule has 0 aliphatic rings. The lowest BCUT2D eigenvalue weighted by atomic mass is 10.3. The smallest absolute Gasteiger partial charge is 0.260 e. The molecule has 1 atom stereocenters. The van der Waals surface area contributed by atoms with Gasteiger partial charge in [-0.1, -0.05) is 41.9 Å². The lowest BCUT2D eigenvalue weighted by Crippen LogP contribution is -2.38. The molecule has 0 aliphatic heterocycles. The van der Waals surface area contributed by atoms with Crippen LogP contribution in [0.25, 0.3) is 0 Å². The molecule has 0 fully saturated rings. The van der Waals surface area contributed by atoms with Crippen LogP contribution in [0.3, 0.4) is 0 Å². The highest BCUT2D eigenvalue weighted by molar-refractivity contribution is 6.32. The summed E-state index contributed by atoms with van der Waals surface area (Å²) in [6.07, 6.45) is -0.567. The number of para-hydroxylation sites is 2. The fraction of sp³-hybridized carbons (Fsp3) is 0.235. The molecule has 2 aromatic rings. The van der Waals surface area contributed by atoms with E-state index in [2.05, 4.69) is 5.32 Å². The van der Waals surface area contributed by atoms with Crippen molar-refractivity contribution in [3.8, 4) is 11.5 Å². The van der Waals surface area contributed by atoms with E-state index in [0.29, 0.717) is 29.7 Å². The lowest BCUT2D eigenvalue weighted by molar-refractivity contribution is -0.127. The molecule has 2 aromatic carbocycles. The van der Waals surface area contributed by atoms with Crippen molar-refractivity contribution in [1.29, 1.82) is 0 Å². The topological polar surface area (TPSA) is 47.6 Å². The fourth-order valence-electron chi connectivity index (χ4n) is 1.80. The average molecular weight is 320 g/mol. The van der Waals surface area contributed by atoms with E-state index in [1.807, 2.05) is 42.5 Å². The molecule has 1 N–H and O–H groups in total. The van der Waals surface area contributed by atoms with Gasteiger partial charge in [-0.2, -0.15) is 0 Å². The van der Waals surface area contributed by atoms with E-state index in [4.69, 9.17) is 21.1 Å². The maximum absolute atomic E-state index is 11.9. The van der Waals surface area contributed by atoms with Crippen LogP contribution < -0.4 is 14.8 Å². The summed E-state index contributed by atoms with van der Waals surface area (Å²) in [7, 11) is 0. The van der Waals surface area contributed by atoms with Gasteiger partial charge in [-0.05, 0) is 31.2 Å². The Hall–Kier alpha value is -2.20. The summed E-state index contributed by atoms with van der Waals surface area (Å²) in [5.41, 5.74) is 0. The van der Waals surface area contributed by atoms with Crippen LogP contribution in [0.2, 0.25) is 5.02 Å². The number of benzene rings is 2. The van der Waals surface area contributed by atoms with Gasteiger partial charge in [0.25, 0.3) is 5.91 Å². The number of rotatable bonds is 7. The molecular weight excluding hydrogens is 302 g/mol. The molecule has 0 unspecified atom stereocenters. The Kier molecular flexibility index (Phi) is 6.10. The van der Waals surface area contributed by atoms with Crippen LogP contribution in [-0.2, 0) is 4.79 Å². The minimum atomic E-state index is -0.567. The fourth-order valence-corrected chi connectivity index (χ4v) is 1.99. The van der Waals surface area contributed by atoms with Gasteiger partial charge in [-0.15, -0.1) is 0 Å². The summed E-state index contributed by atoms with van der Waals surface area (Å²) in [6.45, 7) is 2.43. The predicted octanol–water partition coefficient (Wildman–Crippen LogP) is 3.30. The number of amides is 1. The van der Waals surface area contributed by atoms with Crippen molar-refractivity contribution < 1.29 is 14.3 Å². The van der Waals surface area contributed by atoms with Crippen LogP contribution in [0.15, 0.2) is 54.6 Å². The van der Waals surface area contributed by atoms with E-state index in [0.717, 1.165) is 0 Å². The zero-order chi connectivity index (χ0) is 15.8. The van der Waals surface area contributed by atoms with E-state index < -0.39 is 6.10 Å². The third kappa shape index (κ3) is 4.97. The predicted molar refractivity (Wildman–Crippen MR) is 86.5 cm³/mol. The Balaban J connectivity index is 1.70. The quantitative estimate of drug-likeness (QED) is 0.797. The second kappa shape index (κ2) is 8.29. The number of halogens is 1. The van der Waals surface area contributed by atoms with E-state index in [9.17, 15) is 4.79 Å². The van der Waals surface area contributed by atoms with Gasteiger partial charge in [0.05, 0.1) is 11.6 Å². The van der Waals surface area contributed by atoms with Gasteiger partial charge in [-0.25, -0.2) is 0 Å². The minimum absolute atomic E-state index is 0.188. The van der Waals surface area contributed by atoms with Crippen LogP contribution in [0, 0.1) is 0 Å². The Bertz CT molecular complexity index is 604. The number of hydrogen-bond donors (Lipinski definition) is 1. The van der Waals surface area contributed by atoms with E-state index >= 15 is 0 Å². The molecule has 0 bridgehead atoms. The largest absolute Gasteiger partial charge is 0.490 e. The number of carbonyl (C=O) groups is 1.